The van der Waals surface area contributed by atoms with E-state index in [1.54, 1.807) is 0 Å². The molecule has 0 unspecified atom stereocenters. The second-order valence-corrected chi connectivity index (χ2v) is 3.77. The molecule has 0 saturated carbocycles. The highest BCUT2D eigenvalue weighted by molar-refractivity contribution is 6.18. The third-order valence-electron chi connectivity index (χ3n) is 1.87. The fourth-order valence-electron chi connectivity index (χ4n) is 0.950. The number of alkyl halides is 1. The van der Waals surface area contributed by atoms with Gasteiger partial charge in [-0.15, -0.1) is 11.6 Å². The van der Waals surface area contributed by atoms with Crippen LogP contribution >= 0.6 is 11.6 Å². The molecule has 0 amide bonds. The normalized spacial score (nSPS) is 12.9. The fraction of sp³-hybridized carbons (Fsp3) is 1.00. The van der Waals surface area contributed by atoms with E-state index < -0.39 is 6.10 Å². The van der Waals surface area contributed by atoms with Gasteiger partial charge < -0.3 is 19.3 Å². The van der Waals surface area contributed by atoms with E-state index in [0.717, 1.165) is 19.4 Å². The average Bonchev–Trinajstić information content (AvgIpc) is 2.31. The van der Waals surface area contributed by atoms with E-state index in [9.17, 15) is 0 Å². The van der Waals surface area contributed by atoms with E-state index in [1.807, 2.05) is 0 Å². The van der Waals surface area contributed by atoms with E-state index in [4.69, 9.17) is 30.9 Å². The molecule has 98 valence electrons. The summed E-state index contributed by atoms with van der Waals surface area (Å²) in [6, 6.07) is 0. The summed E-state index contributed by atoms with van der Waals surface area (Å²) in [5.41, 5.74) is 0. The Morgan fingerprint density at radius 3 is 2.12 bits per heavy atom. The van der Waals surface area contributed by atoms with Gasteiger partial charge in [-0.3, -0.25) is 0 Å². The zero-order valence-corrected chi connectivity index (χ0v) is 10.7. The van der Waals surface area contributed by atoms with Crippen molar-refractivity contribution < 1.29 is 19.3 Å². The summed E-state index contributed by atoms with van der Waals surface area (Å²) in [4.78, 5) is 0. The first kappa shape index (κ1) is 16.1. The van der Waals surface area contributed by atoms with Crippen molar-refractivity contribution in [2.24, 2.45) is 0 Å². The van der Waals surface area contributed by atoms with Crippen molar-refractivity contribution in [3.8, 4) is 0 Å². The van der Waals surface area contributed by atoms with Gasteiger partial charge in [0.25, 0.3) is 0 Å². The molecule has 0 aliphatic carbocycles. The van der Waals surface area contributed by atoms with Crippen LogP contribution in [0.25, 0.3) is 0 Å². The number of ether oxygens (including phenoxy) is 3. The minimum absolute atomic E-state index is 0.201. The molecule has 0 fully saturated rings. The van der Waals surface area contributed by atoms with Crippen LogP contribution in [0.15, 0.2) is 0 Å². The second-order valence-electron chi connectivity index (χ2n) is 3.46. The fourth-order valence-corrected chi connectivity index (χ4v) is 1.04. The number of rotatable bonds is 12. The monoisotopic (exact) mass is 254 g/mol. The molecule has 0 rings (SSSR count). The van der Waals surface area contributed by atoms with Crippen LogP contribution in [-0.2, 0) is 14.2 Å². The lowest BCUT2D eigenvalue weighted by Gasteiger charge is -2.08. The van der Waals surface area contributed by atoms with Gasteiger partial charge in [0.05, 0.1) is 45.0 Å². The maximum Gasteiger partial charge on any atom is 0.0908 e. The number of hydrogen-bond donors (Lipinski definition) is 1. The number of aliphatic hydroxyl groups is 1. The predicted octanol–water partition coefficient (Wildman–Crippen LogP) is 1.44. The Bertz CT molecular complexity index is 135. The molecule has 1 N–H and O–H groups in total. The van der Waals surface area contributed by atoms with E-state index in [-0.39, 0.29) is 12.5 Å². The zero-order chi connectivity index (χ0) is 12.1. The van der Waals surface area contributed by atoms with Crippen LogP contribution in [-0.4, -0.2) is 56.7 Å². The summed E-state index contributed by atoms with van der Waals surface area (Å²) in [6.45, 7) is 5.41. The van der Waals surface area contributed by atoms with Crippen molar-refractivity contribution in [2.75, 3.05) is 45.5 Å². The van der Waals surface area contributed by atoms with Crippen molar-refractivity contribution in [1.29, 1.82) is 0 Å². The molecule has 0 aromatic carbocycles. The summed E-state index contributed by atoms with van der Waals surface area (Å²) < 4.78 is 15.7. The molecule has 0 aromatic heterocycles. The number of hydrogen-bond acceptors (Lipinski definition) is 4. The van der Waals surface area contributed by atoms with Gasteiger partial charge in [0.2, 0.25) is 0 Å². The lowest BCUT2D eigenvalue weighted by molar-refractivity contribution is -0.00552. The highest BCUT2D eigenvalue weighted by Gasteiger charge is 2.00. The van der Waals surface area contributed by atoms with Gasteiger partial charge in [0.15, 0.2) is 0 Å². The zero-order valence-electron chi connectivity index (χ0n) is 9.99. The Labute approximate surface area is 103 Å². The van der Waals surface area contributed by atoms with Gasteiger partial charge in [0, 0.05) is 6.61 Å². The largest absolute Gasteiger partial charge is 0.389 e. The first-order valence-corrected chi connectivity index (χ1v) is 6.32. The molecule has 0 heterocycles. The highest BCUT2D eigenvalue weighted by atomic mass is 35.5. The second kappa shape index (κ2) is 13.2. The molecule has 0 spiro atoms. The number of halogens is 1. The molecule has 0 bridgehead atoms. The molecule has 0 aliphatic heterocycles. The molecule has 0 aliphatic rings. The molecule has 0 radical (unpaired) electrons. The van der Waals surface area contributed by atoms with Crippen LogP contribution < -0.4 is 0 Å². The van der Waals surface area contributed by atoms with Gasteiger partial charge in [-0.25, -0.2) is 0 Å². The van der Waals surface area contributed by atoms with Crippen molar-refractivity contribution in [2.45, 2.75) is 25.9 Å². The quantitative estimate of drug-likeness (QED) is 0.423. The van der Waals surface area contributed by atoms with Crippen molar-refractivity contribution in [3.63, 3.8) is 0 Å². The van der Waals surface area contributed by atoms with Gasteiger partial charge in [-0.1, -0.05) is 13.3 Å². The molecular formula is C11H23ClO4. The summed E-state index contributed by atoms with van der Waals surface area (Å²) in [5.74, 6) is 0.201. The first-order chi connectivity index (χ1) is 7.81. The Morgan fingerprint density at radius 2 is 1.56 bits per heavy atom. The minimum Gasteiger partial charge on any atom is -0.389 e. The maximum absolute atomic E-state index is 9.06. The summed E-state index contributed by atoms with van der Waals surface area (Å²) in [6.07, 6.45) is 1.66. The standard InChI is InChI=1S/C11H23ClO4/c1-2-3-4-14-5-6-15-7-8-16-10-11(13)9-12/h11,13H,2-10H2,1H3/t11-/m1/s1. The van der Waals surface area contributed by atoms with E-state index >= 15 is 0 Å². The summed E-state index contributed by atoms with van der Waals surface area (Å²) in [7, 11) is 0. The van der Waals surface area contributed by atoms with E-state index in [0.29, 0.717) is 26.4 Å². The number of aliphatic hydroxyl groups excluding tert-OH is 1. The van der Waals surface area contributed by atoms with Crippen LogP contribution in [0.4, 0.5) is 0 Å². The van der Waals surface area contributed by atoms with Crippen LogP contribution in [0.2, 0.25) is 0 Å². The first-order valence-electron chi connectivity index (χ1n) is 5.78. The summed E-state index contributed by atoms with van der Waals surface area (Å²) in [5, 5.41) is 9.06. The van der Waals surface area contributed by atoms with Crippen molar-refractivity contribution >= 4 is 11.6 Å². The highest BCUT2D eigenvalue weighted by Crippen LogP contribution is 1.90. The molecule has 16 heavy (non-hydrogen) atoms. The maximum atomic E-state index is 9.06. The van der Waals surface area contributed by atoms with Gasteiger partial charge in [-0.2, -0.15) is 0 Å². The predicted molar refractivity (Wildman–Crippen MR) is 64.1 cm³/mol. The molecule has 4 nitrogen and oxygen atoms in total. The lowest BCUT2D eigenvalue weighted by atomic mass is 10.4. The minimum atomic E-state index is -0.584. The molecule has 1 atom stereocenters. The van der Waals surface area contributed by atoms with Crippen molar-refractivity contribution in [1.82, 2.24) is 0 Å². The summed E-state index contributed by atoms with van der Waals surface area (Å²) >= 11 is 5.40. The smallest absolute Gasteiger partial charge is 0.0908 e. The Balaban J connectivity index is 2.93. The molecular weight excluding hydrogens is 232 g/mol. The molecule has 0 saturated heterocycles. The third-order valence-corrected chi connectivity index (χ3v) is 2.23. The SMILES string of the molecule is CCCCOCCOCCOC[C@H](O)CCl. The van der Waals surface area contributed by atoms with E-state index in [2.05, 4.69) is 6.92 Å². The third kappa shape index (κ3) is 12.2. The lowest BCUT2D eigenvalue weighted by Crippen LogP contribution is -2.19. The Kier molecular flexibility index (Phi) is 13.3. The van der Waals surface area contributed by atoms with Crippen LogP contribution in [0.3, 0.4) is 0 Å². The van der Waals surface area contributed by atoms with E-state index in [1.165, 1.54) is 0 Å². The van der Waals surface area contributed by atoms with Gasteiger partial charge >= 0.3 is 0 Å². The molecule has 0 aromatic rings. The van der Waals surface area contributed by atoms with Gasteiger partial charge in [-0.05, 0) is 6.42 Å². The van der Waals surface area contributed by atoms with Crippen LogP contribution in [0.1, 0.15) is 19.8 Å². The van der Waals surface area contributed by atoms with Crippen LogP contribution in [0, 0.1) is 0 Å². The van der Waals surface area contributed by atoms with Gasteiger partial charge in [0.1, 0.15) is 0 Å². The Morgan fingerprint density at radius 1 is 1.00 bits per heavy atom. The number of unbranched alkanes of at least 4 members (excludes halogenated alkanes) is 1. The molecule has 5 heteroatoms. The van der Waals surface area contributed by atoms with Crippen molar-refractivity contribution in [3.05, 3.63) is 0 Å². The average molecular weight is 255 g/mol. The topological polar surface area (TPSA) is 47.9 Å². The van der Waals surface area contributed by atoms with Crippen LogP contribution in [0.5, 0.6) is 0 Å². The Hall–Kier alpha value is 0.130.